The molecule has 0 heterocycles. The number of carboxylic acids is 1. The summed E-state index contributed by atoms with van der Waals surface area (Å²) in [6.45, 7) is 0.657. The van der Waals surface area contributed by atoms with Gasteiger partial charge in [-0.05, 0) is 32.2 Å². The fourth-order valence-electron chi connectivity index (χ4n) is 2.83. The molecule has 0 radical (unpaired) electrons. The predicted octanol–water partition coefficient (Wildman–Crippen LogP) is 1.80. The molecule has 1 saturated carbocycles. The van der Waals surface area contributed by atoms with Crippen LogP contribution < -0.4 is 11.1 Å². The molecule has 1 aliphatic carbocycles. The number of rotatable bonds is 8. The Bertz CT molecular complexity index is 299. The number of unbranched alkanes of at least 4 members (excludes halogenated alkanes) is 2. The Hall–Kier alpha value is -1.10. The minimum atomic E-state index is -0.828. The Kier molecular flexibility index (Phi) is 6.84. The molecule has 0 aliphatic heterocycles. The van der Waals surface area contributed by atoms with E-state index in [1.165, 1.54) is 0 Å². The lowest BCUT2D eigenvalue weighted by molar-refractivity contribution is -0.139. The van der Waals surface area contributed by atoms with Crippen molar-refractivity contribution in [2.75, 3.05) is 6.54 Å². The van der Waals surface area contributed by atoms with Crippen LogP contribution in [0.5, 0.6) is 0 Å². The zero-order valence-electron chi connectivity index (χ0n) is 11.6. The second kappa shape index (κ2) is 8.15. The Morgan fingerprint density at radius 3 is 2.37 bits per heavy atom. The van der Waals surface area contributed by atoms with Crippen LogP contribution in [0.3, 0.4) is 0 Å². The fourth-order valence-corrected chi connectivity index (χ4v) is 2.83. The predicted molar refractivity (Wildman–Crippen MR) is 73.7 cm³/mol. The molecule has 110 valence electrons. The van der Waals surface area contributed by atoms with E-state index in [-0.39, 0.29) is 12.3 Å². The van der Waals surface area contributed by atoms with Gasteiger partial charge in [-0.1, -0.05) is 25.7 Å². The molecule has 19 heavy (non-hydrogen) atoms. The number of carbonyl (C=O) groups excluding carboxylic acids is 1. The van der Waals surface area contributed by atoms with Crippen LogP contribution in [0.15, 0.2) is 0 Å². The second-order valence-corrected chi connectivity index (χ2v) is 5.56. The fraction of sp³-hybridized carbons (Fsp3) is 0.857. The van der Waals surface area contributed by atoms with Crippen LogP contribution in [-0.4, -0.2) is 29.1 Å². The monoisotopic (exact) mass is 270 g/mol. The van der Waals surface area contributed by atoms with E-state index in [2.05, 4.69) is 5.32 Å². The lowest BCUT2D eigenvalue weighted by atomic mass is 9.79. The number of carbonyl (C=O) groups is 2. The van der Waals surface area contributed by atoms with E-state index in [1.807, 2.05) is 0 Å². The van der Waals surface area contributed by atoms with Crippen molar-refractivity contribution in [2.45, 2.75) is 69.7 Å². The first-order valence-electron chi connectivity index (χ1n) is 7.31. The van der Waals surface area contributed by atoms with Gasteiger partial charge in [-0.3, -0.25) is 9.59 Å². The van der Waals surface area contributed by atoms with E-state index < -0.39 is 11.5 Å². The van der Waals surface area contributed by atoms with Crippen molar-refractivity contribution in [1.29, 1.82) is 0 Å². The van der Waals surface area contributed by atoms with E-state index in [0.717, 1.165) is 51.4 Å². The lowest BCUT2D eigenvalue weighted by Gasteiger charge is -2.37. The summed E-state index contributed by atoms with van der Waals surface area (Å²) in [5, 5.41) is 12.0. The average molecular weight is 270 g/mol. The molecule has 0 aromatic carbocycles. The zero-order valence-corrected chi connectivity index (χ0v) is 11.6. The number of hydrogen-bond acceptors (Lipinski definition) is 3. The molecule has 0 bridgehead atoms. The molecule has 1 fully saturated rings. The number of aliphatic carboxylic acids is 1. The summed E-state index contributed by atoms with van der Waals surface area (Å²) in [6, 6.07) is 0. The summed E-state index contributed by atoms with van der Waals surface area (Å²) in [4.78, 5) is 22.9. The van der Waals surface area contributed by atoms with Gasteiger partial charge in [-0.25, -0.2) is 0 Å². The molecular weight excluding hydrogens is 244 g/mol. The summed E-state index contributed by atoms with van der Waals surface area (Å²) in [6.07, 6.45) is 7.94. The summed E-state index contributed by atoms with van der Waals surface area (Å²) < 4.78 is 0. The second-order valence-electron chi connectivity index (χ2n) is 5.56. The highest BCUT2D eigenvalue weighted by atomic mass is 16.4. The first-order valence-corrected chi connectivity index (χ1v) is 7.31. The van der Waals surface area contributed by atoms with Crippen LogP contribution in [-0.2, 0) is 9.59 Å². The van der Waals surface area contributed by atoms with Crippen molar-refractivity contribution in [3.63, 3.8) is 0 Å². The number of nitrogens with one attached hydrogen (secondary N) is 1. The minimum Gasteiger partial charge on any atom is -0.481 e. The van der Waals surface area contributed by atoms with Crippen LogP contribution in [0.1, 0.15) is 64.2 Å². The standard InChI is InChI=1S/C14H26N2O3/c15-10-6-1-3-7-12(17)16-14(11-13(18)19)8-4-2-5-9-14/h1-11,15H2,(H,16,17)(H,18,19). The smallest absolute Gasteiger partial charge is 0.305 e. The molecule has 0 atom stereocenters. The molecular formula is C14H26N2O3. The number of carboxylic acid groups (broad SMARTS) is 1. The van der Waals surface area contributed by atoms with Crippen molar-refractivity contribution >= 4 is 11.9 Å². The van der Waals surface area contributed by atoms with Gasteiger partial charge in [-0.2, -0.15) is 0 Å². The van der Waals surface area contributed by atoms with Crippen LogP contribution >= 0.6 is 0 Å². The van der Waals surface area contributed by atoms with E-state index in [4.69, 9.17) is 10.8 Å². The number of nitrogens with two attached hydrogens (primary N) is 1. The Morgan fingerprint density at radius 1 is 1.11 bits per heavy atom. The first kappa shape index (κ1) is 16.0. The maximum atomic E-state index is 11.9. The topological polar surface area (TPSA) is 92.4 Å². The highest BCUT2D eigenvalue weighted by Gasteiger charge is 2.35. The molecule has 1 rings (SSSR count). The van der Waals surface area contributed by atoms with E-state index in [0.29, 0.717) is 13.0 Å². The molecule has 5 heteroatoms. The van der Waals surface area contributed by atoms with Crippen molar-refractivity contribution in [3.8, 4) is 0 Å². The summed E-state index contributed by atoms with van der Waals surface area (Å²) in [5.41, 5.74) is 4.90. The lowest BCUT2D eigenvalue weighted by Crippen LogP contribution is -2.51. The van der Waals surface area contributed by atoms with Gasteiger partial charge >= 0.3 is 5.97 Å². The van der Waals surface area contributed by atoms with Gasteiger partial charge in [0.05, 0.1) is 12.0 Å². The molecule has 1 aliphatic rings. The third-order valence-electron chi connectivity index (χ3n) is 3.81. The van der Waals surface area contributed by atoms with Crippen molar-refractivity contribution in [2.24, 2.45) is 5.73 Å². The molecule has 1 amide bonds. The maximum absolute atomic E-state index is 11.9. The Morgan fingerprint density at radius 2 is 1.79 bits per heavy atom. The van der Waals surface area contributed by atoms with Crippen LogP contribution in [0.2, 0.25) is 0 Å². The summed E-state index contributed by atoms with van der Waals surface area (Å²) in [5.74, 6) is -0.842. The van der Waals surface area contributed by atoms with Gasteiger partial charge in [0.25, 0.3) is 0 Å². The van der Waals surface area contributed by atoms with Gasteiger partial charge in [0, 0.05) is 6.42 Å². The van der Waals surface area contributed by atoms with Crippen molar-refractivity contribution in [1.82, 2.24) is 5.32 Å². The first-order chi connectivity index (χ1) is 9.08. The van der Waals surface area contributed by atoms with Crippen LogP contribution in [0.4, 0.5) is 0 Å². The molecule has 0 unspecified atom stereocenters. The summed E-state index contributed by atoms with van der Waals surface area (Å²) in [7, 11) is 0. The highest BCUT2D eigenvalue weighted by molar-refractivity contribution is 5.78. The Labute approximate surface area is 114 Å². The molecule has 5 nitrogen and oxygen atoms in total. The molecule has 4 N–H and O–H groups in total. The minimum absolute atomic E-state index is 0.0137. The van der Waals surface area contributed by atoms with Crippen molar-refractivity contribution < 1.29 is 14.7 Å². The molecule has 0 spiro atoms. The number of hydrogen-bond donors (Lipinski definition) is 3. The van der Waals surface area contributed by atoms with Gasteiger partial charge < -0.3 is 16.2 Å². The van der Waals surface area contributed by atoms with E-state index in [9.17, 15) is 9.59 Å². The number of amides is 1. The molecule has 0 aromatic heterocycles. The maximum Gasteiger partial charge on any atom is 0.305 e. The third kappa shape index (κ3) is 6.05. The van der Waals surface area contributed by atoms with Crippen LogP contribution in [0.25, 0.3) is 0 Å². The third-order valence-corrected chi connectivity index (χ3v) is 3.81. The largest absolute Gasteiger partial charge is 0.481 e. The van der Waals surface area contributed by atoms with E-state index >= 15 is 0 Å². The quantitative estimate of drug-likeness (QED) is 0.586. The SMILES string of the molecule is NCCCCCC(=O)NC1(CC(=O)O)CCCCC1. The summed E-state index contributed by atoms with van der Waals surface area (Å²) >= 11 is 0. The van der Waals surface area contributed by atoms with Gasteiger partial charge in [0.15, 0.2) is 0 Å². The van der Waals surface area contributed by atoms with E-state index in [1.54, 1.807) is 0 Å². The average Bonchev–Trinajstić information content (AvgIpc) is 2.34. The van der Waals surface area contributed by atoms with Crippen molar-refractivity contribution in [3.05, 3.63) is 0 Å². The Balaban J connectivity index is 2.43. The normalized spacial score (nSPS) is 17.9. The molecule has 0 aromatic rings. The van der Waals surface area contributed by atoms with Gasteiger partial charge in [0.1, 0.15) is 0 Å². The molecule has 0 saturated heterocycles. The highest BCUT2D eigenvalue weighted by Crippen LogP contribution is 2.31. The van der Waals surface area contributed by atoms with Gasteiger partial charge in [0.2, 0.25) is 5.91 Å². The van der Waals surface area contributed by atoms with Crippen LogP contribution in [0, 0.1) is 0 Å². The zero-order chi connectivity index (χ0) is 14.1. The van der Waals surface area contributed by atoms with Gasteiger partial charge in [-0.15, -0.1) is 0 Å².